The van der Waals surface area contributed by atoms with Crippen LogP contribution in [0.15, 0.2) is 6.07 Å². The van der Waals surface area contributed by atoms with E-state index >= 15 is 0 Å². The Labute approximate surface area is 116 Å². The van der Waals surface area contributed by atoms with Crippen LogP contribution in [0.5, 0.6) is 0 Å². The summed E-state index contributed by atoms with van der Waals surface area (Å²) < 4.78 is 23.1. The van der Waals surface area contributed by atoms with Gasteiger partial charge in [0, 0.05) is 20.1 Å². The second-order valence-corrected chi connectivity index (χ2v) is 7.77. The molecule has 2 rings (SSSR count). The lowest BCUT2D eigenvalue weighted by Gasteiger charge is -2.19. The molecule has 19 heavy (non-hydrogen) atoms. The van der Waals surface area contributed by atoms with Crippen molar-refractivity contribution in [1.29, 1.82) is 0 Å². The summed E-state index contributed by atoms with van der Waals surface area (Å²) in [5, 5.41) is 3.40. The Morgan fingerprint density at radius 2 is 2.16 bits per heavy atom. The van der Waals surface area contributed by atoms with Gasteiger partial charge in [-0.25, -0.2) is 8.42 Å². The molecule has 1 amide bonds. The van der Waals surface area contributed by atoms with E-state index in [0.29, 0.717) is 30.1 Å². The van der Waals surface area contributed by atoms with Crippen molar-refractivity contribution in [2.75, 3.05) is 42.3 Å². The van der Waals surface area contributed by atoms with Gasteiger partial charge in [-0.3, -0.25) is 4.79 Å². The van der Waals surface area contributed by atoms with E-state index in [0.717, 1.165) is 5.00 Å². The number of rotatable bonds is 2. The van der Waals surface area contributed by atoms with E-state index in [4.69, 9.17) is 5.73 Å². The van der Waals surface area contributed by atoms with Crippen LogP contribution >= 0.6 is 11.3 Å². The summed E-state index contributed by atoms with van der Waals surface area (Å²) in [6, 6.07) is 1.74. The second kappa shape index (κ2) is 5.38. The summed E-state index contributed by atoms with van der Waals surface area (Å²) in [5.41, 5.74) is 6.26. The van der Waals surface area contributed by atoms with Crippen LogP contribution in [0.1, 0.15) is 16.1 Å². The topological polar surface area (TPSA) is 92.5 Å². The van der Waals surface area contributed by atoms with Crippen molar-refractivity contribution in [3.63, 3.8) is 0 Å². The number of nitrogens with zero attached hydrogens (tertiary/aromatic N) is 1. The Kier molecular flexibility index (Phi) is 4.00. The van der Waals surface area contributed by atoms with Crippen LogP contribution in [-0.2, 0) is 9.84 Å². The monoisotopic (exact) mass is 303 g/mol. The number of anilines is 2. The first-order chi connectivity index (χ1) is 8.93. The van der Waals surface area contributed by atoms with E-state index in [1.165, 1.54) is 11.3 Å². The van der Waals surface area contributed by atoms with E-state index in [1.807, 2.05) is 4.90 Å². The Balaban J connectivity index is 2.21. The van der Waals surface area contributed by atoms with Crippen LogP contribution in [0, 0.1) is 0 Å². The number of carbonyl (C=O) groups is 1. The number of hydrogen-bond acceptors (Lipinski definition) is 6. The van der Waals surface area contributed by atoms with E-state index in [9.17, 15) is 13.2 Å². The Bertz CT molecular complexity index is 580. The first-order valence-corrected chi connectivity index (χ1v) is 8.63. The molecule has 8 heteroatoms. The molecule has 1 aliphatic heterocycles. The highest BCUT2D eigenvalue weighted by atomic mass is 32.2. The van der Waals surface area contributed by atoms with Crippen LogP contribution in [0.2, 0.25) is 0 Å². The average molecular weight is 303 g/mol. The number of amides is 1. The van der Waals surface area contributed by atoms with Gasteiger partial charge in [-0.2, -0.15) is 0 Å². The molecule has 3 N–H and O–H groups in total. The Morgan fingerprint density at radius 1 is 1.42 bits per heavy atom. The first-order valence-electron chi connectivity index (χ1n) is 6.00. The summed E-state index contributed by atoms with van der Waals surface area (Å²) in [7, 11) is -1.38. The molecule has 0 aliphatic carbocycles. The van der Waals surface area contributed by atoms with Gasteiger partial charge in [-0.05, 0) is 12.5 Å². The zero-order valence-electron chi connectivity index (χ0n) is 10.7. The number of nitrogens with two attached hydrogens (primary N) is 1. The van der Waals surface area contributed by atoms with Gasteiger partial charge in [0.05, 0.1) is 22.2 Å². The molecule has 0 aromatic carbocycles. The summed E-state index contributed by atoms with van der Waals surface area (Å²) in [5.74, 6) is 0.170. The zero-order chi connectivity index (χ0) is 14.0. The molecule has 0 unspecified atom stereocenters. The van der Waals surface area contributed by atoms with Crippen LogP contribution in [0.25, 0.3) is 0 Å². The summed E-state index contributed by atoms with van der Waals surface area (Å²) in [4.78, 5) is 14.1. The third kappa shape index (κ3) is 3.19. The van der Waals surface area contributed by atoms with E-state index in [1.54, 1.807) is 13.1 Å². The molecule has 2 heterocycles. The fourth-order valence-corrected chi connectivity index (χ4v) is 4.35. The molecule has 106 valence electrons. The first kappa shape index (κ1) is 14.1. The van der Waals surface area contributed by atoms with Crippen molar-refractivity contribution in [3.8, 4) is 0 Å². The minimum absolute atomic E-state index is 0.153. The predicted molar refractivity (Wildman–Crippen MR) is 77.6 cm³/mol. The summed E-state index contributed by atoms with van der Waals surface area (Å²) in [6.07, 6.45) is 0.607. The molecule has 0 radical (unpaired) electrons. The minimum Gasteiger partial charge on any atom is -0.397 e. The fraction of sp³-hybridized carbons (Fsp3) is 0.545. The highest BCUT2D eigenvalue weighted by Crippen LogP contribution is 2.32. The highest BCUT2D eigenvalue weighted by Gasteiger charge is 2.22. The van der Waals surface area contributed by atoms with E-state index in [2.05, 4.69) is 5.32 Å². The summed E-state index contributed by atoms with van der Waals surface area (Å²) >= 11 is 1.30. The molecular formula is C11H17N3O3S2. The SMILES string of the molecule is CNC(=O)c1sc(N2CCCS(=O)(=O)CC2)cc1N. The molecule has 1 aromatic rings. The fourth-order valence-electron chi connectivity index (χ4n) is 2.00. The minimum atomic E-state index is -2.93. The number of carbonyl (C=O) groups excluding carboxylic acids is 1. The lowest BCUT2D eigenvalue weighted by molar-refractivity contribution is 0.0968. The average Bonchev–Trinajstić information content (AvgIpc) is 2.64. The molecule has 6 nitrogen and oxygen atoms in total. The number of nitrogens with one attached hydrogen (secondary N) is 1. The van der Waals surface area contributed by atoms with Gasteiger partial charge < -0.3 is 16.0 Å². The molecule has 1 saturated heterocycles. The number of thiophene rings is 1. The maximum Gasteiger partial charge on any atom is 0.263 e. The predicted octanol–water partition coefficient (Wildman–Crippen LogP) is 0.315. The third-order valence-electron chi connectivity index (χ3n) is 3.05. The van der Waals surface area contributed by atoms with Gasteiger partial charge in [0.25, 0.3) is 5.91 Å². The van der Waals surface area contributed by atoms with Gasteiger partial charge in [0.15, 0.2) is 9.84 Å². The van der Waals surface area contributed by atoms with Crippen molar-refractivity contribution >= 4 is 37.8 Å². The second-order valence-electron chi connectivity index (χ2n) is 4.44. The van der Waals surface area contributed by atoms with Crippen molar-refractivity contribution in [2.24, 2.45) is 0 Å². The quantitative estimate of drug-likeness (QED) is 0.820. The van der Waals surface area contributed by atoms with Crippen molar-refractivity contribution in [2.45, 2.75) is 6.42 Å². The molecular weight excluding hydrogens is 286 g/mol. The van der Waals surface area contributed by atoms with Gasteiger partial charge >= 0.3 is 0 Å². The summed E-state index contributed by atoms with van der Waals surface area (Å²) in [6.45, 7) is 1.13. The number of hydrogen-bond donors (Lipinski definition) is 2. The van der Waals surface area contributed by atoms with E-state index in [-0.39, 0.29) is 17.4 Å². The van der Waals surface area contributed by atoms with Crippen LogP contribution in [-0.4, -0.2) is 46.0 Å². The lowest BCUT2D eigenvalue weighted by Crippen LogP contribution is -2.25. The van der Waals surface area contributed by atoms with E-state index < -0.39 is 9.84 Å². The zero-order valence-corrected chi connectivity index (χ0v) is 12.3. The van der Waals surface area contributed by atoms with Crippen molar-refractivity contribution < 1.29 is 13.2 Å². The molecule has 0 saturated carbocycles. The van der Waals surface area contributed by atoms with Crippen molar-refractivity contribution in [3.05, 3.63) is 10.9 Å². The molecule has 1 aromatic heterocycles. The van der Waals surface area contributed by atoms with Crippen LogP contribution in [0.3, 0.4) is 0 Å². The molecule has 0 bridgehead atoms. The van der Waals surface area contributed by atoms with Crippen LogP contribution in [0.4, 0.5) is 10.7 Å². The number of nitrogen functional groups attached to an aromatic ring is 1. The molecule has 0 atom stereocenters. The van der Waals surface area contributed by atoms with Crippen molar-refractivity contribution in [1.82, 2.24) is 5.32 Å². The van der Waals surface area contributed by atoms with Crippen LogP contribution < -0.4 is 16.0 Å². The third-order valence-corrected chi connectivity index (χ3v) is 5.97. The number of sulfone groups is 1. The highest BCUT2D eigenvalue weighted by molar-refractivity contribution is 7.91. The van der Waals surface area contributed by atoms with Gasteiger partial charge in [0.2, 0.25) is 0 Å². The molecule has 1 aliphatic rings. The van der Waals surface area contributed by atoms with Gasteiger partial charge in [-0.1, -0.05) is 0 Å². The Hall–Kier alpha value is -1.28. The smallest absolute Gasteiger partial charge is 0.263 e. The normalized spacial score (nSPS) is 18.9. The Morgan fingerprint density at radius 3 is 2.84 bits per heavy atom. The van der Waals surface area contributed by atoms with Gasteiger partial charge in [0.1, 0.15) is 4.88 Å². The maximum atomic E-state index is 11.6. The molecule has 1 fully saturated rings. The standard InChI is InChI=1S/C11H17N3O3S2/c1-13-11(15)10-8(12)7-9(18-10)14-3-2-5-19(16,17)6-4-14/h7H,2-6,12H2,1H3,(H,13,15). The lowest BCUT2D eigenvalue weighted by atomic mass is 10.3. The maximum absolute atomic E-state index is 11.6. The molecule has 0 spiro atoms. The van der Waals surface area contributed by atoms with Gasteiger partial charge in [-0.15, -0.1) is 11.3 Å². The largest absolute Gasteiger partial charge is 0.397 e.